The Balaban J connectivity index is 2.50. The highest BCUT2D eigenvalue weighted by Gasteiger charge is 2.14. The first-order chi connectivity index (χ1) is 5.77. The zero-order valence-electron chi connectivity index (χ0n) is 6.18. The molecule has 0 aliphatic carbocycles. The van der Waals surface area contributed by atoms with Crippen LogP contribution in [0, 0.1) is 6.92 Å². The number of aryl methyl sites for hydroxylation is 1. The van der Waals surface area contributed by atoms with Crippen molar-refractivity contribution in [2.24, 2.45) is 0 Å². The van der Waals surface area contributed by atoms with Crippen LogP contribution in [0.25, 0.3) is 11.5 Å². The molecule has 0 aromatic carbocycles. The van der Waals surface area contributed by atoms with Crippen LogP contribution in [-0.4, -0.2) is 20.5 Å². The van der Waals surface area contributed by atoms with E-state index in [1.54, 1.807) is 6.92 Å². The summed E-state index contributed by atoms with van der Waals surface area (Å²) >= 11 is 0. The molecule has 2 rings (SSSR count). The van der Waals surface area contributed by atoms with Gasteiger partial charge in [0.1, 0.15) is 0 Å². The largest absolute Gasteiger partial charge is 0.379 e. The number of aromatic nitrogens is 4. The van der Waals surface area contributed by atoms with Crippen molar-refractivity contribution in [2.75, 3.05) is 5.73 Å². The zero-order valence-corrected chi connectivity index (χ0v) is 6.18. The summed E-state index contributed by atoms with van der Waals surface area (Å²) in [5.74, 6) is 0.870. The normalized spacial score (nSPS) is 10.4. The minimum absolute atomic E-state index is 0.149. The number of hydrogen-bond donors (Lipinski definition) is 1. The van der Waals surface area contributed by atoms with Crippen LogP contribution in [0.15, 0.2) is 9.15 Å². The fourth-order valence-corrected chi connectivity index (χ4v) is 0.746. The number of rotatable bonds is 1. The highest BCUT2D eigenvalue weighted by molar-refractivity contribution is 5.61. The molecule has 7 nitrogen and oxygen atoms in total. The van der Waals surface area contributed by atoms with Crippen molar-refractivity contribution < 1.29 is 9.15 Å². The average Bonchev–Trinajstić information content (AvgIpc) is 2.58. The summed E-state index contributed by atoms with van der Waals surface area (Å²) in [6, 6.07) is 0. The number of nitrogens with two attached hydrogens (primary N) is 1. The third-order valence-corrected chi connectivity index (χ3v) is 1.25. The van der Waals surface area contributed by atoms with Gasteiger partial charge in [0.2, 0.25) is 11.7 Å². The first-order valence-corrected chi connectivity index (χ1v) is 3.16. The lowest BCUT2D eigenvalue weighted by Crippen LogP contribution is -1.89. The van der Waals surface area contributed by atoms with Crippen LogP contribution >= 0.6 is 0 Å². The number of nitrogen functional groups attached to an aromatic ring is 1. The number of anilines is 1. The predicted molar refractivity (Wildman–Crippen MR) is 36.7 cm³/mol. The second-order valence-corrected chi connectivity index (χ2v) is 2.14. The van der Waals surface area contributed by atoms with Gasteiger partial charge in [0.25, 0.3) is 0 Å². The molecule has 0 fully saturated rings. The van der Waals surface area contributed by atoms with E-state index in [9.17, 15) is 0 Å². The molecule has 12 heavy (non-hydrogen) atoms. The molecule has 0 bridgehead atoms. The Kier molecular flexibility index (Phi) is 1.29. The highest BCUT2D eigenvalue weighted by Crippen LogP contribution is 2.17. The molecular formula is C5H5N5O2. The Bertz CT molecular complexity index is 392. The third-order valence-electron chi connectivity index (χ3n) is 1.25. The molecule has 0 amide bonds. The number of hydrogen-bond acceptors (Lipinski definition) is 7. The summed E-state index contributed by atoms with van der Waals surface area (Å²) in [6.07, 6.45) is 0. The molecule has 2 N–H and O–H groups in total. The van der Waals surface area contributed by atoms with E-state index in [0.717, 1.165) is 0 Å². The average molecular weight is 167 g/mol. The molecule has 0 unspecified atom stereocenters. The molecule has 0 aliphatic rings. The van der Waals surface area contributed by atoms with Crippen LogP contribution in [0.4, 0.5) is 5.82 Å². The molecule has 0 saturated carbocycles. The van der Waals surface area contributed by atoms with E-state index < -0.39 is 0 Å². The van der Waals surface area contributed by atoms with E-state index in [2.05, 4.69) is 25.1 Å². The first-order valence-electron chi connectivity index (χ1n) is 3.16. The predicted octanol–water partition coefficient (Wildman–Crippen LogP) is 0.0102. The smallest absolute Gasteiger partial charge is 0.228 e. The minimum atomic E-state index is 0.149. The summed E-state index contributed by atoms with van der Waals surface area (Å²) in [5.41, 5.74) is 5.69. The Labute approximate surface area is 66.5 Å². The van der Waals surface area contributed by atoms with Crippen LogP contribution in [-0.2, 0) is 0 Å². The van der Waals surface area contributed by atoms with E-state index in [4.69, 9.17) is 10.3 Å². The lowest BCUT2D eigenvalue weighted by atomic mass is 10.4. The fraction of sp³-hybridized carbons (Fsp3) is 0.200. The van der Waals surface area contributed by atoms with E-state index in [1.807, 2.05) is 0 Å². The topological polar surface area (TPSA) is 104 Å². The van der Waals surface area contributed by atoms with Gasteiger partial charge in [0.05, 0.1) is 0 Å². The molecule has 0 saturated heterocycles. The summed E-state index contributed by atoms with van der Waals surface area (Å²) in [4.78, 5) is 3.89. The monoisotopic (exact) mass is 167 g/mol. The van der Waals surface area contributed by atoms with E-state index in [1.165, 1.54) is 0 Å². The van der Waals surface area contributed by atoms with Crippen LogP contribution in [0.2, 0.25) is 0 Å². The van der Waals surface area contributed by atoms with Crippen molar-refractivity contribution in [3.8, 4) is 11.5 Å². The zero-order chi connectivity index (χ0) is 8.55. The quantitative estimate of drug-likeness (QED) is 0.637. The molecule has 7 heteroatoms. The molecule has 2 aromatic heterocycles. The van der Waals surface area contributed by atoms with Gasteiger partial charge in [0.15, 0.2) is 11.5 Å². The summed E-state index contributed by atoms with van der Waals surface area (Å²) in [5, 5.41) is 10.5. The molecular weight excluding hydrogens is 162 g/mol. The second-order valence-electron chi connectivity index (χ2n) is 2.14. The Morgan fingerprint density at radius 1 is 1.25 bits per heavy atom. The Morgan fingerprint density at radius 2 is 2.08 bits per heavy atom. The van der Waals surface area contributed by atoms with Gasteiger partial charge < -0.3 is 10.3 Å². The molecule has 2 aromatic rings. The lowest BCUT2D eigenvalue weighted by molar-refractivity contribution is 0.310. The van der Waals surface area contributed by atoms with Gasteiger partial charge in [-0.3, -0.25) is 0 Å². The maximum Gasteiger partial charge on any atom is 0.228 e. The van der Waals surface area contributed by atoms with Gasteiger partial charge in [-0.25, -0.2) is 4.63 Å². The molecule has 2 heterocycles. The van der Waals surface area contributed by atoms with Crippen molar-refractivity contribution in [3.05, 3.63) is 5.89 Å². The van der Waals surface area contributed by atoms with Crippen molar-refractivity contribution in [3.63, 3.8) is 0 Å². The Hall–Kier alpha value is -1.92. The molecule has 62 valence electrons. The maximum absolute atomic E-state index is 5.39. The van der Waals surface area contributed by atoms with Crippen LogP contribution in [0.3, 0.4) is 0 Å². The first kappa shape index (κ1) is 6.77. The molecule has 0 atom stereocenters. The highest BCUT2D eigenvalue weighted by atomic mass is 16.6. The molecule has 0 aliphatic heterocycles. The second kappa shape index (κ2) is 2.29. The third kappa shape index (κ3) is 0.911. The minimum Gasteiger partial charge on any atom is -0.379 e. The van der Waals surface area contributed by atoms with E-state index in [0.29, 0.717) is 11.6 Å². The van der Waals surface area contributed by atoms with Gasteiger partial charge in [-0.05, 0) is 10.3 Å². The van der Waals surface area contributed by atoms with Crippen molar-refractivity contribution in [1.29, 1.82) is 0 Å². The standard InChI is InChI=1S/C5H5N5O2/c1-2-7-5(10-11-2)3-4(6)9-12-8-3/h1H3,(H2,6,9). The van der Waals surface area contributed by atoms with Gasteiger partial charge in [-0.15, -0.1) is 0 Å². The van der Waals surface area contributed by atoms with Crippen LogP contribution < -0.4 is 5.73 Å². The SMILES string of the molecule is Cc1nc(-c2nonc2N)no1. The summed E-state index contributed by atoms with van der Waals surface area (Å²) in [6.45, 7) is 1.67. The molecule has 0 spiro atoms. The van der Waals surface area contributed by atoms with Gasteiger partial charge in [-0.1, -0.05) is 5.16 Å². The van der Waals surface area contributed by atoms with Crippen molar-refractivity contribution >= 4 is 5.82 Å². The van der Waals surface area contributed by atoms with Crippen LogP contribution in [0.5, 0.6) is 0 Å². The van der Waals surface area contributed by atoms with E-state index in [-0.39, 0.29) is 11.6 Å². The Morgan fingerprint density at radius 3 is 2.58 bits per heavy atom. The van der Waals surface area contributed by atoms with Gasteiger partial charge in [0, 0.05) is 6.92 Å². The van der Waals surface area contributed by atoms with E-state index >= 15 is 0 Å². The fourth-order valence-electron chi connectivity index (χ4n) is 0.746. The van der Waals surface area contributed by atoms with Crippen molar-refractivity contribution in [1.82, 2.24) is 20.5 Å². The molecule has 0 radical (unpaired) electrons. The van der Waals surface area contributed by atoms with Gasteiger partial charge >= 0.3 is 0 Å². The summed E-state index contributed by atoms with van der Waals surface area (Å²) in [7, 11) is 0. The van der Waals surface area contributed by atoms with Gasteiger partial charge in [-0.2, -0.15) is 4.98 Å². The maximum atomic E-state index is 5.39. The summed E-state index contributed by atoms with van der Waals surface area (Å²) < 4.78 is 9.08. The van der Waals surface area contributed by atoms with Crippen molar-refractivity contribution in [2.45, 2.75) is 6.92 Å². The lowest BCUT2D eigenvalue weighted by Gasteiger charge is -1.81. The van der Waals surface area contributed by atoms with Crippen LogP contribution in [0.1, 0.15) is 5.89 Å². The number of nitrogens with zero attached hydrogens (tertiary/aromatic N) is 4.